The number of benzene rings is 1. The molecule has 3 saturated heterocycles. The van der Waals surface area contributed by atoms with Gasteiger partial charge in [0.15, 0.2) is 5.72 Å². The van der Waals surface area contributed by atoms with Crippen LogP contribution >= 0.6 is 0 Å². The van der Waals surface area contributed by atoms with Gasteiger partial charge < -0.3 is 14.4 Å². The van der Waals surface area contributed by atoms with E-state index in [2.05, 4.69) is 54.1 Å². The molecule has 5 atom stereocenters. The Morgan fingerprint density at radius 3 is 2.96 bits per heavy atom. The molecule has 6 rings (SSSR count). The Morgan fingerprint density at radius 2 is 2.19 bits per heavy atom. The van der Waals surface area contributed by atoms with Crippen LogP contribution in [0, 0.1) is 11.3 Å². The molecule has 1 aromatic carbocycles. The van der Waals surface area contributed by atoms with Crippen molar-refractivity contribution < 1.29 is 14.3 Å². The second kappa shape index (κ2) is 4.76. The van der Waals surface area contributed by atoms with E-state index in [4.69, 9.17) is 9.47 Å². The molecule has 0 aromatic heterocycles. The molecular weight excluding hydrogens is 340 g/mol. The van der Waals surface area contributed by atoms with Gasteiger partial charge >= 0.3 is 5.97 Å². The van der Waals surface area contributed by atoms with Crippen LogP contribution in [0.2, 0.25) is 0 Å². The molecule has 4 aliphatic heterocycles. The molecule has 4 fully saturated rings. The zero-order chi connectivity index (χ0) is 18.6. The van der Waals surface area contributed by atoms with Gasteiger partial charge in [0.2, 0.25) is 0 Å². The van der Waals surface area contributed by atoms with Crippen molar-refractivity contribution in [3.8, 4) is 0 Å². The van der Waals surface area contributed by atoms with Crippen molar-refractivity contribution in [2.75, 3.05) is 38.8 Å². The number of hydrogen-bond acceptors (Lipinski definition) is 5. The molecule has 4 heterocycles. The van der Waals surface area contributed by atoms with Crippen LogP contribution in [0.25, 0.3) is 0 Å². The fourth-order valence-corrected chi connectivity index (χ4v) is 7.75. The van der Waals surface area contributed by atoms with Crippen LogP contribution in [-0.2, 0) is 19.7 Å². The summed E-state index contributed by atoms with van der Waals surface area (Å²) in [5.74, 6) is 0.0966. The molecule has 1 aromatic rings. The number of anilines is 1. The van der Waals surface area contributed by atoms with Crippen molar-refractivity contribution >= 4 is 11.7 Å². The number of piperidine rings is 2. The van der Waals surface area contributed by atoms with Crippen LogP contribution in [0.15, 0.2) is 35.9 Å². The molecular formula is C22H26N2O3. The van der Waals surface area contributed by atoms with E-state index in [-0.39, 0.29) is 17.3 Å². The van der Waals surface area contributed by atoms with E-state index >= 15 is 0 Å². The minimum atomic E-state index is -0.645. The molecule has 0 amide bonds. The molecule has 0 radical (unpaired) electrons. The second-order valence-electron chi connectivity index (χ2n) is 8.82. The number of hydrogen-bond donors (Lipinski definition) is 0. The standard InChI is InChI=1S/C22H26N2O3/c1-4-14-12-24-10-9-21-15-7-5-6-8-17(15)23(2)22(21)18(24)11-16(14)20(21,13-27-22)19(25)26-3/h4-8,16,18H,9-13H2,1-3H3/b14-4-/t16-,18-,20?,21-,22?/m0/s1. The summed E-state index contributed by atoms with van der Waals surface area (Å²) >= 11 is 0. The van der Waals surface area contributed by atoms with Gasteiger partial charge in [-0.1, -0.05) is 29.8 Å². The van der Waals surface area contributed by atoms with E-state index in [0.717, 1.165) is 25.9 Å². The quantitative estimate of drug-likeness (QED) is 0.564. The normalized spacial score (nSPS) is 45.1. The van der Waals surface area contributed by atoms with E-state index in [1.54, 1.807) is 0 Å². The number of carbonyl (C=O) groups is 1. The molecule has 27 heavy (non-hydrogen) atoms. The number of fused-ring (bicyclic) bond motifs is 3. The summed E-state index contributed by atoms with van der Waals surface area (Å²) in [6.07, 6.45) is 4.13. The fourth-order valence-electron chi connectivity index (χ4n) is 7.75. The predicted octanol–water partition coefficient (Wildman–Crippen LogP) is 2.31. The van der Waals surface area contributed by atoms with Gasteiger partial charge in [-0.2, -0.15) is 0 Å². The number of para-hydroxylation sites is 1. The van der Waals surface area contributed by atoms with Crippen LogP contribution in [0.4, 0.5) is 5.69 Å². The highest BCUT2D eigenvalue weighted by Gasteiger charge is 2.86. The summed E-state index contributed by atoms with van der Waals surface area (Å²) in [4.78, 5) is 18.5. The van der Waals surface area contributed by atoms with E-state index in [9.17, 15) is 4.79 Å². The predicted molar refractivity (Wildman–Crippen MR) is 101 cm³/mol. The Labute approximate surface area is 159 Å². The topological polar surface area (TPSA) is 42.0 Å². The lowest BCUT2D eigenvalue weighted by Crippen LogP contribution is -2.80. The Morgan fingerprint density at radius 1 is 1.37 bits per heavy atom. The molecule has 5 heteroatoms. The van der Waals surface area contributed by atoms with Crippen molar-refractivity contribution in [1.29, 1.82) is 0 Å². The average molecular weight is 366 g/mol. The first-order chi connectivity index (χ1) is 13.1. The Balaban J connectivity index is 1.75. The molecule has 5 nitrogen and oxygen atoms in total. The Bertz CT molecular complexity index is 897. The van der Waals surface area contributed by atoms with Crippen molar-refractivity contribution in [3.63, 3.8) is 0 Å². The first-order valence-electron chi connectivity index (χ1n) is 10.0. The monoisotopic (exact) mass is 366 g/mol. The molecule has 0 N–H and O–H groups in total. The van der Waals surface area contributed by atoms with Crippen molar-refractivity contribution in [2.45, 2.75) is 36.9 Å². The van der Waals surface area contributed by atoms with Crippen LogP contribution in [0.3, 0.4) is 0 Å². The summed E-state index contributed by atoms with van der Waals surface area (Å²) in [5.41, 5.74) is 2.40. The lowest BCUT2D eigenvalue weighted by Gasteiger charge is -2.66. The van der Waals surface area contributed by atoms with Crippen LogP contribution < -0.4 is 4.90 Å². The number of methoxy groups -OCH3 is 1. The van der Waals surface area contributed by atoms with Gasteiger partial charge in [-0.05, 0) is 31.4 Å². The summed E-state index contributed by atoms with van der Waals surface area (Å²) in [7, 11) is 3.70. The number of allylic oxidation sites excluding steroid dienone is 1. The van der Waals surface area contributed by atoms with E-state index < -0.39 is 11.1 Å². The van der Waals surface area contributed by atoms with Gasteiger partial charge in [-0.3, -0.25) is 9.69 Å². The lowest BCUT2D eigenvalue weighted by atomic mass is 9.43. The van der Waals surface area contributed by atoms with Crippen molar-refractivity contribution in [2.24, 2.45) is 11.3 Å². The van der Waals surface area contributed by atoms with E-state index in [1.165, 1.54) is 23.9 Å². The average Bonchev–Trinajstić information content (AvgIpc) is 3.09. The van der Waals surface area contributed by atoms with E-state index in [1.807, 2.05) is 0 Å². The summed E-state index contributed by atoms with van der Waals surface area (Å²) in [6.45, 7) is 4.50. The second-order valence-corrected chi connectivity index (χ2v) is 8.82. The SMILES string of the molecule is C/C=C1/CN2CC[C@@]34c5ccccc5N(C)C35OCC4(C(=O)OC)[C@H]1C[C@H]25. The molecule has 0 spiro atoms. The number of carbonyl (C=O) groups excluding carboxylic acids is 1. The molecule has 2 unspecified atom stereocenters. The zero-order valence-corrected chi connectivity index (χ0v) is 16.2. The number of likely N-dealkylation sites (N-methyl/N-ethyl adjacent to an activating group) is 1. The van der Waals surface area contributed by atoms with Crippen molar-refractivity contribution in [1.82, 2.24) is 4.90 Å². The zero-order valence-electron chi connectivity index (χ0n) is 16.2. The van der Waals surface area contributed by atoms with Gasteiger partial charge in [0, 0.05) is 31.7 Å². The molecule has 5 bridgehead atoms. The minimum Gasteiger partial charge on any atom is -0.468 e. The smallest absolute Gasteiger partial charge is 0.315 e. The highest BCUT2D eigenvalue weighted by atomic mass is 16.6. The molecule has 1 saturated carbocycles. The maximum atomic E-state index is 13.6. The van der Waals surface area contributed by atoms with Gasteiger partial charge in [0.25, 0.3) is 0 Å². The summed E-state index contributed by atoms with van der Waals surface area (Å²) < 4.78 is 12.3. The van der Waals surface area contributed by atoms with Crippen LogP contribution in [0.1, 0.15) is 25.3 Å². The van der Waals surface area contributed by atoms with Crippen molar-refractivity contribution in [3.05, 3.63) is 41.5 Å². The number of nitrogens with zero attached hydrogens (tertiary/aromatic N) is 2. The highest BCUT2D eigenvalue weighted by molar-refractivity contribution is 5.86. The first-order valence-corrected chi connectivity index (χ1v) is 10.0. The third-order valence-corrected chi connectivity index (χ3v) is 8.59. The Kier molecular flexibility index (Phi) is 2.84. The minimum absolute atomic E-state index is 0.0902. The third-order valence-electron chi connectivity index (χ3n) is 8.59. The first kappa shape index (κ1) is 16.1. The summed E-state index contributed by atoms with van der Waals surface area (Å²) in [6, 6.07) is 8.92. The molecule has 1 aliphatic carbocycles. The van der Waals surface area contributed by atoms with E-state index in [0.29, 0.717) is 12.6 Å². The highest BCUT2D eigenvalue weighted by Crippen LogP contribution is 2.76. The third kappa shape index (κ3) is 1.34. The van der Waals surface area contributed by atoms with Gasteiger partial charge in [0.1, 0.15) is 5.41 Å². The molecule has 5 aliphatic rings. The lowest BCUT2D eigenvalue weighted by molar-refractivity contribution is -0.183. The van der Waals surface area contributed by atoms with Gasteiger partial charge in [-0.25, -0.2) is 0 Å². The van der Waals surface area contributed by atoms with Crippen LogP contribution in [0.5, 0.6) is 0 Å². The van der Waals surface area contributed by atoms with Gasteiger partial charge in [0.05, 0.1) is 25.2 Å². The number of esters is 1. The maximum absolute atomic E-state index is 13.6. The van der Waals surface area contributed by atoms with Gasteiger partial charge in [-0.15, -0.1) is 0 Å². The maximum Gasteiger partial charge on any atom is 0.315 e. The summed E-state index contributed by atoms with van der Waals surface area (Å²) in [5, 5.41) is 0. The molecule has 142 valence electrons. The Hall–Kier alpha value is -1.85. The fraction of sp³-hybridized carbons (Fsp3) is 0.591. The number of ether oxygens (including phenoxy) is 2. The largest absolute Gasteiger partial charge is 0.468 e. The number of rotatable bonds is 1. The van der Waals surface area contributed by atoms with Crippen LogP contribution in [-0.4, -0.2) is 56.5 Å².